The minimum absolute atomic E-state index is 0.401. The second-order valence-corrected chi connectivity index (χ2v) is 10.1. The maximum absolute atomic E-state index is 12.6. The number of hydrogen-bond donors (Lipinski definition) is 0. The Labute approximate surface area is 201 Å². The molecule has 3 rings (SSSR count). The maximum atomic E-state index is 12.6. The first kappa shape index (κ1) is 24.6. The normalized spacial score (nSPS) is 12.6. The zero-order valence-corrected chi connectivity index (χ0v) is 20.4. The summed E-state index contributed by atoms with van der Waals surface area (Å²) in [7, 11) is 1.61. The van der Waals surface area contributed by atoms with Crippen LogP contribution in [-0.2, 0) is 14.3 Å². The smallest absolute Gasteiger partial charge is 0.410 e. The highest BCUT2D eigenvalue weighted by atomic mass is 32.2. The predicted octanol–water partition coefficient (Wildman–Crippen LogP) is 6.15. The van der Waals surface area contributed by atoms with Gasteiger partial charge in [0.05, 0.1) is 10.8 Å². The van der Waals surface area contributed by atoms with Crippen molar-refractivity contribution < 1.29 is 14.3 Å². The van der Waals surface area contributed by atoms with Gasteiger partial charge in [-0.3, -0.25) is 0 Å². The fourth-order valence-electron chi connectivity index (χ4n) is 3.69. The number of amides is 1. The first-order valence-electron chi connectivity index (χ1n) is 11.0. The van der Waals surface area contributed by atoms with Crippen LogP contribution in [0.25, 0.3) is 0 Å². The molecule has 0 saturated heterocycles. The molecule has 33 heavy (non-hydrogen) atoms. The van der Waals surface area contributed by atoms with E-state index in [2.05, 4.69) is 36.4 Å². The highest BCUT2D eigenvalue weighted by Crippen LogP contribution is 2.48. The number of benzene rings is 3. The van der Waals surface area contributed by atoms with Crippen molar-refractivity contribution in [2.75, 3.05) is 12.8 Å². The summed E-state index contributed by atoms with van der Waals surface area (Å²) in [5.41, 5.74) is 2.69. The Morgan fingerprint density at radius 1 is 0.848 bits per heavy atom. The average Bonchev–Trinajstić information content (AvgIpc) is 2.82. The van der Waals surface area contributed by atoms with E-state index in [4.69, 9.17) is 4.74 Å². The predicted molar refractivity (Wildman–Crippen MR) is 136 cm³/mol. The molecule has 172 valence electrons. The summed E-state index contributed by atoms with van der Waals surface area (Å²) in [4.78, 5) is 26.1. The van der Waals surface area contributed by atoms with Crippen LogP contribution in [0.15, 0.2) is 91.0 Å². The van der Waals surface area contributed by atoms with Crippen molar-refractivity contribution in [2.45, 2.75) is 37.2 Å². The molecule has 1 amide bonds. The van der Waals surface area contributed by atoms with Gasteiger partial charge in [0.15, 0.2) is 0 Å². The Balaban J connectivity index is 2.03. The fraction of sp³-hybridized carbons (Fsp3) is 0.286. The number of rotatable bonds is 8. The van der Waals surface area contributed by atoms with Gasteiger partial charge < -0.3 is 14.4 Å². The standard InChI is InChI=1S/C28H31NO3S/c1-27(2,3)32-26(31)29(4)25(20-30)21-33-28(22-14-8-5-9-15-22,23-16-10-6-11-17-23)24-18-12-7-13-19-24/h5-20,25H,21H2,1-4H3. The molecule has 0 radical (unpaired) electrons. The Kier molecular flexibility index (Phi) is 7.98. The molecule has 3 aromatic carbocycles. The number of carbonyl (C=O) groups excluding carboxylic acids is 2. The zero-order chi connectivity index (χ0) is 23.9. The second kappa shape index (κ2) is 10.7. The number of carbonyl (C=O) groups is 2. The SMILES string of the molecule is CN(C(=O)OC(C)(C)C)C(C=O)CSC(c1ccccc1)(c1ccccc1)c1ccccc1. The highest BCUT2D eigenvalue weighted by molar-refractivity contribution is 8.00. The third kappa shape index (κ3) is 5.85. The van der Waals surface area contributed by atoms with Crippen molar-refractivity contribution >= 4 is 24.1 Å². The molecular weight excluding hydrogens is 430 g/mol. The van der Waals surface area contributed by atoms with Gasteiger partial charge in [-0.15, -0.1) is 11.8 Å². The minimum Gasteiger partial charge on any atom is -0.444 e. The molecular formula is C28H31NO3S. The zero-order valence-electron chi connectivity index (χ0n) is 19.6. The van der Waals surface area contributed by atoms with Crippen LogP contribution in [0.1, 0.15) is 37.5 Å². The van der Waals surface area contributed by atoms with Gasteiger partial charge in [-0.25, -0.2) is 4.79 Å². The van der Waals surface area contributed by atoms with Gasteiger partial charge in [-0.1, -0.05) is 91.0 Å². The topological polar surface area (TPSA) is 46.6 Å². The van der Waals surface area contributed by atoms with Crippen LogP contribution in [0.3, 0.4) is 0 Å². The summed E-state index contributed by atoms with van der Waals surface area (Å²) in [6.45, 7) is 5.44. The lowest BCUT2D eigenvalue weighted by molar-refractivity contribution is -0.111. The number of thioether (sulfide) groups is 1. The van der Waals surface area contributed by atoms with Gasteiger partial charge in [0.1, 0.15) is 11.9 Å². The molecule has 0 aliphatic rings. The number of nitrogens with zero attached hydrogens (tertiary/aromatic N) is 1. The van der Waals surface area contributed by atoms with Crippen molar-refractivity contribution in [3.05, 3.63) is 108 Å². The third-order valence-electron chi connectivity index (χ3n) is 5.35. The van der Waals surface area contributed by atoms with Gasteiger partial charge >= 0.3 is 6.09 Å². The lowest BCUT2D eigenvalue weighted by Gasteiger charge is -2.37. The Morgan fingerprint density at radius 3 is 1.58 bits per heavy atom. The van der Waals surface area contributed by atoms with Crippen LogP contribution in [0.5, 0.6) is 0 Å². The van der Waals surface area contributed by atoms with Gasteiger partial charge in [0, 0.05) is 12.8 Å². The van der Waals surface area contributed by atoms with E-state index < -0.39 is 22.5 Å². The number of aldehydes is 1. The first-order valence-corrected chi connectivity index (χ1v) is 12.0. The van der Waals surface area contributed by atoms with Crippen molar-refractivity contribution in [1.82, 2.24) is 4.90 Å². The minimum atomic E-state index is -0.639. The molecule has 0 aromatic heterocycles. The molecule has 0 aliphatic carbocycles. The van der Waals surface area contributed by atoms with E-state index in [-0.39, 0.29) is 0 Å². The van der Waals surface area contributed by atoms with Crippen LogP contribution in [0, 0.1) is 0 Å². The molecule has 0 aliphatic heterocycles. The molecule has 0 heterocycles. The summed E-state index contributed by atoms with van der Waals surface area (Å²) < 4.78 is 4.93. The van der Waals surface area contributed by atoms with E-state index in [9.17, 15) is 9.59 Å². The molecule has 0 N–H and O–H groups in total. The quantitative estimate of drug-likeness (QED) is 0.298. The van der Waals surface area contributed by atoms with Gasteiger partial charge in [0.25, 0.3) is 0 Å². The van der Waals surface area contributed by atoms with Gasteiger partial charge in [-0.05, 0) is 37.5 Å². The monoisotopic (exact) mass is 461 g/mol. The summed E-state index contributed by atoms with van der Waals surface area (Å²) in [6, 6.07) is 30.2. The number of hydrogen-bond acceptors (Lipinski definition) is 4. The van der Waals surface area contributed by atoms with Crippen molar-refractivity contribution in [1.29, 1.82) is 0 Å². The Bertz CT molecular complexity index is 936. The van der Waals surface area contributed by atoms with E-state index in [0.717, 1.165) is 23.0 Å². The lowest BCUT2D eigenvalue weighted by Crippen LogP contribution is -2.43. The highest BCUT2D eigenvalue weighted by Gasteiger charge is 2.38. The molecule has 5 heteroatoms. The summed E-state index contributed by atoms with van der Waals surface area (Å²) in [5.74, 6) is 0.401. The Hall–Kier alpha value is -3.05. The number of ether oxygens (including phenoxy) is 1. The molecule has 0 spiro atoms. The lowest BCUT2D eigenvalue weighted by atomic mass is 9.84. The Morgan fingerprint density at radius 2 is 1.24 bits per heavy atom. The van der Waals surface area contributed by atoms with Gasteiger partial charge in [0.2, 0.25) is 0 Å². The third-order valence-corrected chi connectivity index (χ3v) is 7.00. The first-order chi connectivity index (χ1) is 15.8. The maximum Gasteiger partial charge on any atom is 0.410 e. The van der Waals surface area contributed by atoms with Crippen LogP contribution >= 0.6 is 11.8 Å². The van der Waals surface area contributed by atoms with Crippen LogP contribution in [0.2, 0.25) is 0 Å². The second-order valence-electron chi connectivity index (χ2n) is 8.88. The summed E-state index contributed by atoms with van der Waals surface area (Å²) >= 11 is 1.64. The van der Waals surface area contributed by atoms with Crippen LogP contribution < -0.4 is 0 Å². The van der Waals surface area contributed by atoms with E-state index in [1.165, 1.54) is 4.90 Å². The summed E-state index contributed by atoms with van der Waals surface area (Å²) in [5, 5.41) is 0. The molecule has 0 saturated carbocycles. The van der Waals surface area contributed by atoms with E-state index in [1.807, 2.05) is 75.4 Å². The molecule has 3 aromatic rings. The van der Waals surface area contributed by atoms with Gasteiger partial charge in [-0.2, -0.15) is 0 Å². The van der Waals surface area contributed by atoms with Crippen LogP contribution in [0.4, 0.5) is 4.79 Å². The average molecular weight is 462 g/mol. The van der Waals surface area contributed by atoms with Crippen molar-refractivity contribution in [3.8, 4) is 0 Å². The van der Waals surface area contributed by atoms with Crippen molar-refractivity contribution in [3.63, 3.8) is 0 Å². The molecule has 1 unspecified atom stereocenters. The fourth-order valence-corrected chi connectivity index (χ4v) is 5.32. The largest absolute Gasteiger partial charge is 0.444 e. The molecule has 0 fully saturated rings. The van der Waals surface area contributed by atoms with E-state index >= 15 is 0 Å². The summed E-state index contributed by atoms with van der Waals surface area (Å²) in [6.07, 6.45) is 0.313. The van der Waals surface area contributed by atoms with Crippen molar-refractivity contribution in [2.24, 2.45) is 0 Å². The van der Waals surface area contributed by atoms with E-state index in [0.29, 0.717) is 5.75 Å². The van der Waals surface area contributed by atoms with E-state index in [1.54, 1.807) is 18.8 Å². The number of likely N-dealkylation sites (N-methyl/N-ethyl adjacent to an activating group) is 1. The molecule has 4 nitrogen and oxygen atoms in total. The molecule has 1 atom stereocenters. The molecule has 0 bridgehead atoms. The van der Waals surface area contributed by atoms with Crippen LogP contribution in [-0.4, -0.2) is 41.7 Å².